The molecule has 2 amide bonds. The smallest absolute Gasteiger partial charge is 0.338 e. The molecule has 8 nitrogen and oxygen atoms in total. The number of hydrogen-bond donors (Lipinski definition) is 2. The molecule has 0 unspecified atom stereocenters. The largest absolute Gasteiger partial charge is 0.495 e. The van der Waals surface area contributed by atoms with Gasteiger partial charge in [0.1, 0.15) is 11.5 Å². The Morgan fingerprint density at radius 3 is 2.39 bits per heavy atom. The third-order valence-electron chi connectivity index (χ3n) is 3.54. The minimum atomic E-state index is -1.04. The van der Waals surface area contributed by atoms with Crippen molar-refractivity contribution in [3.05, 3.63) is 53.1 Å². The summed E-state index contributed by atoms with van der Waals surface area (Å²) in [4.78, 5) is 35.1. The zero-order valence-corrected chi connectivity index (χ0v) is 16.0. The number of carbonyl (C=O) groups excluding carboxylic acids is 3. The summed E-state index contributed by atoms with van der Waals surface area (Å²) in [6.45, 7) is 1.18. The normalized spacial score (nSPS) is 11.2. The molecular formula is C19H19ClN2O6. The van der Waals surface area contributed by atoms with Crippen molar-refractivity contribution in [2.45, 2.75) is 13.0 Å². The maximum atomic E-state index is 12.2. The predicted octanol–water partition coefficient (Wildman–Crippen LogP) is 2.40. The fourth-order valence-corrected chi connectivity index (χ4v) is 2.37. The van der Waals surface area contributed by atoms with Gasteiger partial charge in [-0.15, -0.1) is 0 Å². The average molecular weight is 407 g/mol. The number of nitrogens with one attached hydrogen (secondary N) is 1. The van der Waals surface area contributed by atoms with Crippen molar-refractivity contribution in [1.82, 2.24) is 0 Å². The van der Waals surface area contributed by atoms with Crippen LogP contribution in [-0.4, -0.2) is 37.6 Å². The summed E-state index contributed by atoms with van der Waals surface area (Å²) in [6.07, 6.45) is -1.04. The van der Waals surface area contributed by atoms with E-state index in [9.17, 15) is 14.4 Å². The Morgan fingerprint density at radius 1 is 1.14 bits per heavy atom. The molecule has 0 aliphatic carbocycles. The van der Waals surface area contributed by atoms with Gasteiger partial charge in [0.15, 0.2) is 12.7 Å². The minimum absolute atomic E-state index is 0.221. The van der Waals surface area contributed by atoms with E-state index in [2.05, 4.69) is 5.32 Å². The first kappa shape index (κ1) is 21.0. The number of anilines is 1. The number of halogens is 1. The van der Waals surface area contributed by atoms with Crippen molar-refractivity contribution in [2.75, 3.05) is 19.0 Å². The Kier molecular flexibility index (Phi) is 7.22. The highest BCUT2D eigenvalue weighted by atomic mass is 35.5. The molecule has 0 aliphatic heterocycles. The van der Waals surface area contributed by atoms with Crippen LogP contribution in [0.4, 0.5) is 5.69 Å². The number of hydrogen-bond acceptors (Lipinski definition) is 6. The molecule has 1 atom stereocenters. The first-order chi connectivity index (χ1) is 13.3. The van der Waals surface area contributed by atoms with E-state index in [0.29, 0.717) is 22.2 Å². The van der Waals surface area contributed by atoms with E-state index in [4.69, 9.17) is 31.5 Å². The molecule has 0 radical (unpaired) electrons. The lowest BCUT2D eigenvalue weighted by atomic mass is 10.2. The van der Waals surface area contributed by atoms with Crippen molar-refractivity contribution in [1.29, 1.82) is 0 Å². The molecule has 28 heavy (non-hydrogen) atoms. The number of amides is 2. The van der Waals surface area contributed by atoms with Crippen LogP contribution in [0, 0.1) is 0 Å². The first-order valence-corrected chi connectivity index (χ1v) is 8.54. The van der Waals surface area contributed by atoms with Gasteiger partial charge in [-0.3, -0.25) is 9.59 Å². The van der Waals surface area contributed by atoms with Crippen molar-refractivity contribution >= 4 is 35.1 Å². The molecule has 9 heteroatoms. The molecule has 2 rings (SSSR count). The third kappa shape index (κ3) is 5.88. The molecule has 2 aromatic rings. The molecule has 2 aromatic carbocycles. The van der Waals surface area contributed by atoms with E-state index in [0.717, 1.165) is 0 Å². The summed E-state index contributed by atoms with van der Waals surface area (Å²) in [6, 6.07) is 10.6. The van der Waals surface area contributed by atoms with Crippen molar-refractivity contribution in [2.24, 2.45) is 5.73 Å². The number of esters is 1. The number of methoxy groups -OCH3 is 1. The van der Waals surface area contributed by atoms with Gasteiger partial charge in [0.05, 0.1) is 17.7 Å². The summed E-state index contributed by atoms with van der Waals surface area (Å²) in [5, 5.41) is 2.94. The molecule has 148 valence electrons. The molecule has 0 fully saturated rings. The summed E-state index contributed by atoms with van der Waals surface area (Å²) in [5.41, 5.74) is 5.65. The van der Waals surface area contributed by atoms with Crippen LogP contribution in [0.3, 0.4) is 0 Å². The Balaban J connectivity index is 1.92. The highest BCUT2D eigenvalue weighted by Gasteiger charge is 2.19. The number of rotatable bonds is 8. The Bertz CT molecular complexity index is 869. The van der Waals surface area contributed by atoms with Gasteiger partial charge in [-0.05, 0) is 49.4 Å². The van der Waals surface area contributed by atoms with E-state index < -0.39 is 23.9 Å². The van der Waals surface area contributed by atoms with Gasteiger partial charge in [0, 0.05) is 5.69 Å². The molecule has 0 aromatic heterocycles. The maximum Gasteiger partial charge on any atom is 0.338 e. The summed E-state index contributed by atoms with van der Waals surface area (Å²) < 4.78 is 15.3. The average Bonchev–Trinajstić information content (AvgIpc) is 2.66. The summed E-state index contributed by atoms with van der Waals surface area (Å²) in [7, 11) is 1.48. The number of nitrogens with two attached hydrogens (primary N) is 1. The SMILES string of the molecule is COc1ccc(NC(=O)[C@H](C)OC(=O)c2ccc(OCC(N)=O)cc2)cc1Cl. The number of benzene rings is 2. The topological polar surface area (TPSA) is 117 Å². The zero-order valence-electron chi connectivity index (χ0n) is 15.2. The van der Waals surface area contributed by atoms with Gasteiger partial charge in [-0.1, -0.05) is 11.6 Å². The fourth-order valence-electron chi connectivity index (χ4n) is 2.11. The summed E-state index contributed by atoms with van der Waals surface area (Å²) in [5.74, 6) is -0.964. The van der Waals surface area contributed by atoms with Crippen LogP contribution in [0.25, 0.3) is 0 Å². The van der Waals surface area contributed by atoms with Crippen LogP contribution in [-0.2, 0) is 14.3 Å². The quantitative estimate of drug-likeness (QED) is 0.650. The van der Waals surface area contributed by atoms with E-state index in [1.807, 2.05) is 0 Å². The van der Waals surface area contributed by atoms with Gasteiger partial charge >= 0.3 is 5.97 Å². The van der Waals surface area contributed by atoms with Crippen LogP contribution >= 0.6 is 11.6 Å². The highest BCUT2D eigenvalue weighted by Crippen LogP contribution is 2.27. The first-order valence-electron chi connectivity index (χ1n) is 8.16. The van der Waals surface area contributed by atoms with Crippen molar-refractivity contribution < 1.29 is 28.6 Å². The lowest BCUT2D eigenvalue weighted by molar-refractivity contribution is -0.123. The van der Waals surface area contributed by atoms with Crippen molar-refractivity contribution in [3.63, 3.8) is 0 Å². The lowest BCUT2D eigenvalue weighted by Gasteiger charge is -2.14. The second kappa shape index (κ2) is 9.61. The van der Waals surface area contributed by atoms with E-state index in [1.165, 1.54) is 44.4 Å². The monoisotopic (exact) mass is 406 g/mol. The molecule has 0 saturated carbocycles. The van der Waals surface area contributed by atoms with E-state index >= 15 is 0 Å². The van der Waals surface area contributed by atoms with Crippen LogP contribution in [0.1, 0.15) is 17.3 Å². The molecular weight excluding hydrogens is 388 g/mol. The van der Waals surface area contributed by atoms with Gasteiger partial charge < -0.3 is 25.3 Å². The van der Waals surface area contributed by atoms with Gasteiger partial charge in [-0.25, -0.2) is 4.79 Å². The van der Waals surface area contributed by atoms with E-state index in [-0.39, 0.29) is 12.2 Å². The maximum absolute atomic E-state index is 12.2. The Hall–Kier alpha value is -3.26. The number of carbonyl (C=O) groups is 3. The van der Waals surface area contributed by atoms with Gasteiger partial charge in [0.25, 0.3) is 11.8 Å². The fraction of sp³-hybridized carbons (Fsp3) is 0.211. The van der Waals surface area contributed by atoms with Gasteiger partial charge in [-0.2, -0.15) is 0 Å². The van der Waals surface area contributed by atoms with Crippen LogP contribution in [0.5, 0.6) is 11.5 Å². The Labute approximate surface area is 166 Å². The molecule has 0 heterocycles. The standard InChI is InChI=1S/C19H19ClN2O6/c1-11(18(24)22-13-5-8-16(26-2)15(20)9-13)28-19(25)12-3-6-14(7-4-12)27-10-17(21)23/h3-9,11H,10H2,1-2H3,(H2,21,23)(H,22,24)/t11-/m0/s1. The lowest BCUT2D eigenvalue weighted by Crippen LogP contribution is -2.30. The summed E-state index contributed by atoms with van der Waals surface area (Å²) >= 11 is 6.01. The molecule has 0 bridgehead atoms. The predicted molar refractivity (Wildman–Crippen MR) is 103 cm³/mol. The van der Waals surface area contributed by atoms with Crippen molar-refractivity contribution in [3.8, 4) is 11.5 Å². The molecule has 0 spiro atoms. The van der Waals surface area contributed by atoms with Gasteiger partial charge in [0.2, 0.25) is 0 Å². The van der Waals surface area contributed by atoms with E-state index in [1.54, 1.807) is 12.1 Å². The van der Waals surface area contributed by atoms with Crippen LogP contribution in [0.15, 0.2) is 42.5 Å². The second-order valence-corrected chi connectivity index (χ2v) is 6.07. The minimum Gasteiger partial charge on any atom is -0.495 e. The Morgan fingerprint density at radius 2 is 1.82 bits per heavy atom. The number of ether oxygens (including phenoxy) is 3. The molecule has 0 aliphatic rings. The molecule has 3 N–H and O–H groups in total. The molecule has 0 saturated heterocycles. The number of primary amides is 1. The highest BCUT2D eigenvalue weighted by molar-refractivity contribution is 6.32. The second-order valence-electron chi connectivity index (χ2n) is 5.67. The van der Waals surface area contributed by atoms with Crippen LogP contribution in [0.2, 0.25) is 5.02 Å². The third-order valence-corrected chi connectivity index (χ3v) is 3.84. The van der Waals surface area contributed by atoms with Crippen LogP contribution < -0.4 is 20.5 Å². The zero-order chi connectivity index (χ0) is 20.7.